The summed E-state index contributed by atoms with van der Waals surface area (Å²) in [6.07, 6.45) is 23.5. The maximum Gasteiger partial charge on any atom is 0.0431 e. The Bertz CT molecular complexity index is 261. The van der Waals surface area contributed by atoms with Crippen molar-refractivity contribution in [2.75, 3.05) is 6.61 Å². The molecule has 1 N–H and O–H groups in total. The molecule has 1 heteroatoms. The zero-order valence-electron chi connectivity index (χ0n) is 15.9. The summed E-state index contributed by atoms with van der Waals surface area (Å²) in [5.41, 5.74) is 0. The highest BCUT2D eigenvalue weighted by Crippen LogP contribution is 2.10. The lowest BCUT2D eigenvalue weighted by molar-refractivity contribution is 0.282. The lowest BCUT2D eigenvalue weighted by atomic mass is 10.1. The van der Waals surface area contributed by atoms with Crippen molar-refractivity contribution in [2.24, 2.45) is 0 Å². The highest BCUT2D eigenvalue weighted by molar-refractivity contribution is 4.98. The Balaban J connectivity index is 3.07. The lowest BCUT2D eigenvalue weighted by Crippen LogP contribution is -1.84. The van der Waals surface area contributed by atoms with E-state index in [-0.39, 0.29) is 0 Å². The van der Waals surface area contributed by atoms with E-state index in [0.717, 1.165) is 19.3 Å². The first-order chi connectivity index (χ1) is 11.4. The van der Waals surface area contributed by atoms with Gasteiger partial charge in [0.2, 0.25) is 0 Å². The predicted octanol–water partition coefficient (Wildman–Crippen LogP) is 7.02. The molecule has 23 heavy (non-hydrogen) atoms. The van der Waals surface area contributed by atoms with Crippen LogP contribution in [0, 0.1) is 11.8 Å². The largest absolute Gasteiger partial charge is 0.396 e. The first-order valence-corrected chi connectivity index (χ1v) is 10.5. The van der Waals surface area contributed by atoms with Crippen molar-refractivity contribution in [1.29, 1.82) is 0 Å². The molecule has 0 atom stereocenters. The van der Waals surface area contributed by atoms with Gasteiger partial charge >= 0.3 is 0 Å². The maximum absolute atomic E-state index is 8.70. The minimum Gasteiger partial charge on any atom is -0.396 e. The van der Waals surface area contributed by atoms with Gasteiger partial charge in [-0.05, 0) is 19.3 Å². The molecule has 0 aromatic heterocycles. The molecule has 0 spiro atoms. The van der Waals surface area contributed by atoms with Crippen LogP contribution in [-0.2, 0) is 0 Å². The Kier molecular flexibility index (Phi) is 21.1. The van der Waals surface area contributed by atoms with Crippen molar-refractivity contribution < 1.29 is 5.11 Å². The molecule has 136 valence electrons. The summed E-state index contributed by atoms with van der Waals surface area (Å²) in [7, 11) is 0. The van der Waals surface area contributed by atoms with Crippen LogP contribution >= 0.6 is 0 Å². The Morgan fingerprint density at radius 3 is 1.22 bits per heavy atom. The summed E-state index contributed by atoms with van der Waals surface area (Å²) in [4.78, 5) is 0. The number of hydrogen-bond acceptors (Lipinski definition) is 1. The Labute approximate surface area is 146 Å². The standard InChI is InChI=1S/C22H42O/c1-2-3-4-5-6-7-8-9-10-11-12-13-14-15-16-17-18-19-20-21-22-23/h23H,2-10,13-22H2,1H3. The molecule has 1 nitrogen and oxygen atoms in total. The number of rotatable bonds is 17. The number of aliphatic hydroxyl groups excluding tert-OH is 1. The summed E-state index contributed by atoms with van der Waals surface area (Å²) in [5.74, 6) is 6.69. The second-order valence-corrected chi connectivity index (χ2v) is 6.88. The van der Waals surface area contributed by atoms with Crippen LogP contribution < -0.4 is 0 Å². The number of hydrogen-bond donors (Lipinski definition) is 1. The van der Waals surface area contributed by atoms with Gasteiger partial charge in [0, 0.05) is 19.4 Å². The van der Waals surface area contributed by atoms with E-state index in [4.69, 9.17) is 5.11 Å². The fourth-order valence-electron chi connectivity index (χ4n) is 2.91. The molecule has 0 aliphatic rings. The summed E-state index contributed by atoms with van der Waals surface area (Å²) in [6, 6.07) is 0. The minimum atomic E-state index is 0.359. The van der Waals surface area contributed by atoms with Gasteiger partial charge in [-0.15, -0.1) is 11.8 Å². The number of aliphatic hydroxyl groups is 1. The van der Waals surface area contributed by atoms with Crippen molar-refractivity contribution in [1.82, 2.24) is 0 Å². The fraction of sp³-hybridized carbons (Fsp3) is 0.909. The fourth-order valence-corrected chi connectivity index (χ4v) is 2.91. The molecule has 0 fully saturated rings. The van der Waals surface area contributed by atoms with Crippen LogP contribution in [0.2, 0.25) is 0 Å². The van der Waals surface area contributed by atoms with Crippen LogP contribution in [0.25, 0.3) is 0 Å². The van der Waals surface area contributed by atoms with Crippen molar-refractivity contribution in [3.8, 4) is 11.8 Å². The van der Waals surface area contributed by atoms with Crippen LogP contribution in [-0.4, -0.2) is 11.7 Å². The van der Waals surface area contributed by atoms with E-state index >= 15 is 0 Å². The Morgan fingerprint density at radius 1 is 0.478 bits per heavy atom. The molecular weight excluding hydrogens is 280 g/mol. The zero-order chi connectivity index (χ0) is 16.8. The van der Waals surface area contributed by atoms with E-state index in [1.54, 1.807) is 0 Å². The van der Waals surface area contributed by atoms with Gasteiger partial charge in [-0.3, -0.25) is 0 Å². The number of unbranched alkanes of at least 4 members (excludes halogenated alkanes) is 16. The molecule has 0 saturated carbocycles. The van der Waals surface area contributed by atoms with Gasteiger partial charge in [0.05, 0.1) is 0 Å². The van der Waals surface area contributed by atoms with Crippen molar-refractivity contribution >= 4 is 0 Å². The average Bonchev–Trinajstić information content (AvgIpc) is 2.57. The molecule has 0 aliphatic carbocycles. The van der Waals surface area contributed by atoms with Crippen LogP contribution in [0.4, 0.5) is 0 Å². The minimum absolute atomic E-state index is 0.359. The average molecular weight is 323 g/mol. The van der Waals surface area contributed by atoms with Gasteiger partial charge in [0.15, 0.2) is 0 Å². The summed E-state index contributed by atoms with van der Waals surface area (Å²) in [6.45, 7) is 2.64. The van der Waals surface area contributed by atoms with Gasteiger partial charge in [-0.1, -0.05) is 90.4 Å². The van der Waals surface area contributed by atoms with Crippen LogP contribution in [0.1, 0.15) is 122 Å². The molecule has 0 aliphatic heterocycles. The Morgan fingerprint density at radius 2 is 0.826 bits per heavy atom. The molecule has 0 rings (SSSR count). The van der Waals surface area contributed by atoms with Gasteiger partial charge < -0.3 is 5.11 Å². The molecule has 0 amide bonds. The molecule has 0 bridgehead atoms. The second-order valence-electron chi connectivity index (χ2n) is 6.88. The van der Waals surface area contributed by atoms with Crippen molar-refractivity contribution in [2.45, 2.75) is 122 Å². The van der Waals surface area contributed by atoms with Crippen molar-refractivity contribution in [3.05, 3.63) is 0 Å². The molecule has 0 unspecified atom stereocenters. The second kappa shape index (κ2) is 21.5. The molecule has 0 radical (unpaired) electrons. The monoisotopic (exact) mass is 322 g/mol. The molecular formula is C22H42O. The van der Waals surface area contributed by atoms with E-state index in [9.17, 15) is 0 Å². The summed E-state index contributed by atoms with van der Waals surface area (Å²) >= 11 is 0. The lowest BCUT2D eigenvalue weighted by Gasteiger charge is -2.00. The van der Waals surface area contributed by atoms with Gasteiger partial charge in [-0.2, -0.15) is 0 Å². The first kappa shape index (κ1) is 22.5. The van der Waals surface area contributed by atoms with E-state index in [1.165, 1.54) is 96.3 Å². The van der Waals surface area contributed by atoms with Gasteiger partial charge in [-0.25, -0.2) is 0 Å². The molecule has 0 aromatic carbocycles. The molecule has 0 saturated heterocycles. The maximum atomic E-state index is 8.70. The summed E-state index contributed by atoms with van der Waals surface area (Å²) in [5, 5.41) is 8.70. The third-order valence-corrected chi connectivity index (χ3v) is 4.49. The third kappa shape index (κ3) is 21.5. The van der Waals surface area contributed by atoms with Crippen LogP contribution in [0.15, 0.2) is 0 Å². The van der Waals surface area contributed by atoms with Gasteiger partial charge in [0.1, 0.15) is 0 Å². The SMILES string of the molecule is CCCCCCCCCCC#CCCCCCCCCCCO. The first-order valence-electron chi connectivity index (χ1n) is 10.5. The van der Waals surface area contributed by atoms with E-state index in [1.807, 2.05) is 0 Å². The van der Waals surface area contributed by atoms with E-state index < -0.39 is 0 Å². The zero-order valence-corrected chi connectivity index (χ0v) is 15.9. The van der Waals surface area contributed by atoms with Crippen molar-refractivity contribution in [3.63, 3.8) is 0 Å². The topological polar surface area (TPSA) is 20.2 Å². The normalized spacial score (nSPS) is 10.5. The summed E-state index contributed by atoms with van der Waals surface area (Å²) < 4.78 is 0. The van der Waals surface area contributed by atoms with Crippen LogP contribution in [0.3, 0.4) is 0 Å². The van der Waals surface area contributed by atoms with Gasteiger partial charge in [0.25, 0.3) is 0 Å². The smallest absolute Gasteiger partial charge is 0.0431 e. The molecule has 0 aromatic rings. The molecule has 0 heterocycles. The van der Waals surface area contributed by atoms with Crippen LogP contribution in [0.5, 0.6) is 0 Å². The highest BCUT2D eigenvalue weighted by atomic mass is 16.2. The van der Waals surface area contributed by atoms with E-state index in [2.05, 4.69) is 18.8 Å². The third-order valence-electron chi connectivity index (χ3n) is 4.49. The highest BCUT2D eigenvalue weighted by Gasteiger charge is 1.92. The Hall–Kier alpha value is -0.480. The van der Waals surface area contributed by atoms with E-state index in [0.29, 0.717) is 6.61 Å². The quantitative estimate of drug-likeness (QED) is 0.225. The predicted molar refractivity (Wildman–Crippen MR) is 104 cm³/mol.